The number of nitrogens with one attached hydrogen (secondary N) is 1. The van der Waals surface area contributed by atoms with Crippen LogP contribution in [0.25, 0.3) is 0 Å². The topological polar surface area (TPSA) is 55.4 Å². The van der Waals surface area contributed by atoms with Gasteiger partial charge in [-0.3, -0.25) is 9.59 Å². The van der Waals surface area contributed by atoms with Crippen LogP contribution in [0.2, 0.25) is 0 Å². The van der Waals surface area contributed by atoms with Gasteiger partial charge in [0.25, 0.3) is 0 Å². The van der Waals surface area contributed by atoms with E-state index in [1.54, 1.807) is 18.2 Å². The van der Waals surface area contributed by atoms with E-state index in [4.69, 9.17) is 4.74 Å². The van der Waals surface area contributed by atoms with Crippen LogP contribution >= 0.6 is 0 Å². The average Bonchev–Trinajstić information content (AvgIpc) is 2.49. The largest absolute Gasteiger partial charge is 0.454 e. The second kappa shape index (κ2) is 5.36. The number of anilines is 1. The molecule has 0 aliphatic carbocycles. The summed E-state index contributed by atoms with van der Waals surface area (Å²) in [6, 6.07) is 9.21. The van der Waals surface area contributed by atoms with Crippen LogP contribution in [-0.2, 0) is 11.2 Å². The fourth-order valence-electron chi connectivity index (χ4n) is 2.22. The maximum atomic E-state index is 13.8. The number of benzene rings is 2. The molecule has 0 unspecified atom stereocenters. The van der Waals surface area contributed by atoms with Gasteiger partial charge in [0.15, 0.2) is 11.6 Å². The van der Waals surface area contributed by atoms with Crippen LogP contribution in [0.5, 0.6) is 11.5 Å². The van der Waals surface area contributed by atoms with Crippen LogP contribution < -0.4 is 10.1 Å². The summed E-state index contributed by atoms with van der Waals surface area (Å²) in [5.74, 6) is -0.0552. The molecule has 106 valence electrons. The van der Waals surface area contributed by atoms with E-state index in [0.717, 1.165) is 17.3 Å². The number of aryl methyl sites for hydroxylation is 1. The minimum Gasteiger partial charge on any atom is -0.454 e. The molecule has 0 saturated carbocycles. The van der Waals surface area contributed by atoms with Crippen molar-refractivity contribution in [1.29, 1.82) is 0 Å². The second-order valence-electron chi connectivity index (χ2n) is 4.78. The van der Waals surface area contributed by atoms with E-state index < -0.39 is 5.82 Å². The molecule has 0 spiro atoms. The Morgan fingerprint density at radius 2 is 2.00 bits per heavy atom. The first kappa shape index (κ1) is 13.3. The lowest BCUT2D eigenvalue weighted by Gasteiger charge is -2.17. The smallest absolute Gasteiger partial charge is 0.224 e. The molecule has 5 heteroatoms. The summed E-state index contributed by atoms with van der Waals surface area (Å²) in [5.41, 5.74) is 1.97. The third-order valence-corrected chi connectivity index (χ3v) is 3.29. The maximum absolute atomic E-state index is 13.8. The Morgan fingerprint density at radius 1 is 1.14 bits per heavy atom. The Balaban J connectivity index is 1.85. The molecule has 0 radical (unpaired) electrons. The first-order chi connectivity index (χ1) is 10.2. The van der Waals surface area contributed by atoms with Crippen molar-refractivity contribution in [3.05, 3.63) is 53.3 Å². The third kappa shape index (κ3) is 2.76. The first-order valence-corrected chi connectivity index (χ1v) is 6.51. The average molecular weight is 285 g/mol. The molecule has 0 atom stereocenters. The standard InChI is InChI=1S/C16H12FNO3/c17-13-7-10(9-19)1-5-15(13)21-12-3-4-14-11(8-12)2-6-16(20)18-14/h1,3-5,7-9H,2,6H2,(H,18,20). The van der Waals surface area contributed by atoms with E-state index in [1.807, 2.05) is 0 Å². The fourth-order valence-corrected chi connectivity index (χ4v) is 2.22. The van der Waals surface area contributed by atoms with Crippen LogP contribution in [0.4, 0.5) is 10.1 Å². The molecule has 0 fully saturated rings. The molecule has 1 aliphatic heterocycles. The molecule has 0 aromatic heterocycles. The second-order valence-corrected chi connectivity index (χ2v) is 4.78. The van der Waals surface area contributed by atoms with Crippen molar-refractivity contribution in [2.24, 2.45) is 0 Å². The quantitative estimate of drug-likeness (QED) is 0.880. The van der Waals surface area contributed by atoms with Crippen molar-refractivity contribution in [3.8, 4) is 11.5 Å². The first-order valence-electron chi connectivity index (χ1n) is 6.51. The molecule has 0 saturated heterocycles. The minimum absolute atomic E-state index is 0.00772. The summed E-state index contributed by atoms with van der Waals surface area (Å²) in [6.07, 6.45) is 1.64. The number of ether oxygens (including phenoxy) is 1. The zero-order valence-electron chi connectivity index (χ0n) is 11.1. The van der Waals surface area contributed by atoms with Crippen molar-refractivity contribution in [3.63, 3.8) is 0 Å². The van der Waals surface area contributed by atoms with Crippen molar-refractivity contribution in [2.45, 2.75) is 12.8 Å². The predicted molar refractivity (Wildman–Crippen MR) is 75.3 cm³/mol. The van der Waals surface area contributed by atoms with Gasteiger partial charge in [-0.1, -0.05) is 0 Å². The van der Waals surface area contributed by atoms with Crippen LogP contribution in [0.3, 0.4) is 0 Å². The van der Waals surface area contributed by atoms with Crippen LogP contribution in [0.15, 0.2) is 36.4 Å². The van der Waals surface area contributed by atoms with Crippen LogP contribution in [0.1, 0.15) is 22.3 Å². The van der Waals surface area contributed by atoms with Gasteiger partial charge >= 0.3 is 0 Å². The highest BCUT2D eigenvalue weighted by atomic mass is 19.1. The summed E-state index contributed by atoms with van der Waals surface area (Å²) >= 11 is 0. The van der Waals surface area contributed by atoms with Gasteiger partial charge < -0.3 is 10.1 Å². The van der Waals surface area contributed by atoms with Gasteiger partial charge in [0.2, 0.25) is 5.91 Å². The molecular formula is C16H12FNO3. The van der Waals surface area contributed by atoms with E-state index >= 15 is 0 Å². The third-order valence-electron chi connectivity index (χ3n) is 3.29. The van der Waals surface area contributed by atoms with Crippen molar-refractivity contribution >= 4 is 17.9 Å². The van der Waals surface area contributed by atoms with Gasteiger partial charge in [-0.2, -0.15) is 0 Å². The number of hydrogen-bond donors (Lipinski definition) is 1. The van der Waals surface area contributed by atoms with Gasteiger partial charge in [-0.25, -0.2) is 4.39 Å². The van der Waals surface area contributed by atoms with Crippen molar-refractivity contribution in [2.75, 3.05) is 5.32 Å². The molecule has 1 heterocycles. The van der Waals surface area contributed by atoms with Crippen molar-refractivity contribution in [1.82, 2.24) is 0 Å². The Hall–Kier alpha value is -2.69. The van der Waals surface area contributed by atoms with E-state index in [2.05, 4.69) is 5.32 Å². The summed E-state index contributed by atoms with van der Waals surface area (Å²) in [5, 5.41) is 2.77. The van der Waals surface area contributed by atoms with Crippen LogP contribution in [-0.4, -0.2) is 12.2 Å². The predicted octanol–water partition coefficient (Wildman–Crippen LogP) is 3.32. The number of fused-ring (bicyclic) bond motifs is 1. The lowest BCUT2D eigenvalue weighted by Crippen LogP contribution is -2.18. The molecule has 1 amide bonds. The Kier molecular flexibility index (Phi) is 3.39. The van der Waals surface area contributed by atoms with E-state index in [1.165, 1.54) is 12.1 Å². The van der Waals surface area contributed by atoms with Gasteiger partial charge in [-0.05, 0) is 48.4 Å². The van der Waals surface area contributed by atoms with Gasteiger partial charge in [0.05, 0.1) is 0 Å². The normalized spacial score (nSPS) is 13.3. The molecule has 2 aromatic carbocycles. The van der Waals surface area contributed by atoms with Crippen LogP contribution in [0, 0.1) is 5.82 Å². The molecular weight excluding hydrogens is 273 g/mol. The number of hydrogen-bond acceptors (Lipinski definition) is 3. The molecule has 21 heavy (non-hydrogen) atoms. The number of carbonyl (C=O) groups is 2. The highest BCUT2D eigenvalue weighted by molar-refractivity contribution is 5.94. The van der Waals surface area contributed by atoms with Crippen molar-refractivity contribution < 1.29 is 18.7 Å². The van der Waals surface area contributed by atoms with Gasteiger partial charge in [0.1, 0.15) is 12.0 Å². The number of rotatable bonds is 3. The van der Waals surface area contributed by atoms with E-state index in [0.29, 0.717) is 24.9 Å². The zero-order valence-corrected chi connectivity index (χ0v) is 11.1. The molecule has 1 aliphatic rings. The molecule has 2 aromatic rings. The molecule has 0 bridgehead atoms. The molecule has 3 rings (SSSR count). The lowest BCUT2D eigenvalue weighted by atomic mass is 10.0. The Labute approximate surface area is 120 Å². The van der Waals surface area contributed by atoms with E-state index in [9.17, 15) is 14.0 Å². The number of carbonyl (C=O) groups excluding carboxylic acids is 2. The fraction of sp³-hybridized carbons (Fsp3) is 0.125. The molecule has 4 nitrogen and oxygen atoms in total. The monoisotopic (exact) mass is 285 g/mol. The summed E-state index contributed by atoms with van der Waals surface area (Å²) in [6.45, 7) is 0. The summed E-state index contributed by atoms with van der Waals surface area (Å²) < 4.78 is 19.3. The number of amides is 1. The van der Waals surface area contributed by atoms with Gasteiger partial charge in [-0.15, -0.1) is 0 Å². The highest BCUT2D eigenvalue weighted by Crippen LogP contribution is 2.30. The highest BCUT2D eigenvalue weighted by Gasteiger charge is 2.15. The summed E-state index contributed by atoms with van der Waals surface area (Å²) in [4.78, 5) is 21.9. The Morgan fingerprint density at radius 3 is 2.76 bits per heavy atom. The number of aldehydes is 1. The SMILES string of the molecule is O=Cc1ccc(Oc2ccc3c(c2)CCC(=O)N3)c(F)c1. The summed E-state index contributed by atoms with van der Waals surface area (Å²) in [7, 11) is 0. The van der Waals surface area contributed by atoms with E-state index in [-0.39, 0.29) is 17.2 Å². The maximum Gasteiger partial charge on any atom is 0.224 e. The van der Waals surface area contributed by atoms with Gasteiger partial charge in [0, 0.05) is 17.7 Å². The molecule has 1 N–H and O–H groups in total. The number of halogens is 1. The lowest BCUT2D eigenvalue weighted by molar-refractivity contribution is -0.116. The Bertz CT molecular complexity index is 727. The minimum atomic E-state index is -0.592. The zero-order chi connectivity index (χ0) is 14.8.